The highest BCUT2D eigenvalue weighted by atomic mass is 16.4. The van der Waals surface area contributed by atoms with Crippen molar-refractivity contribution in [1.29, 1.82) is 0 Å². The fourth-order valence-corrected chi connectivity index (χ4v) is 1.43. The zero-order chi connectivity index (χ0) is 12.0. The van der Waals surface area contributed by atoms with Crippen LogP contribution in [0.4, 0.5) is 0 Å². The van der Waals surface area contributed by atoms with Gasteiger partial charge in [-0.3, -0.25) is 9.59 Å². The summed E-state index contributed by atoms with van der Waals surface area (Å²) in [6, 6.07) is 3.54. The van der Waals surface area contributed by atoms with Crippen molar-refractivity contribution in [3.05, 3.63) is 24.0 Å². The molecule has 1 aromatic rings. The molecule has 1 heterocycles. The summed E-state index contributed by atoms with van der Waals surface area (Å²) in [6.07, 6.45) is 2.74. The lowest BCUT2D eigenvalue weighted by Gasteiger charge is -2.07. The second kappa shape index (κ2) is 5.95. The molecule has 16 heavy (non-hydrogen) atoms. The van der Waals surface area contributed by atoms with Crippen LogP contribution in [0.2, 0.25) is 0 Å². The first-order valence-electron chi connectivity index (χ1n) is 5.30. The maximum absolute atomic E-state index is 11.7. The zero-order valence-electron chi connectivity index (χ0n) is 9.27. The first-order chi connectivity index (χ1) is 7.65. The van der Waals surface area contributed by atoms with Crippen LogP contribution in [0.25, 0.3) is 0 Å². The number of carbonyl (C=O) groups is 2. The molecule has 0 spiro atoms. The highest BCUT2D eigenvalue weighted by Crippen LogP contribution is 2.03. The highest BCUT2D eigenvalue weighted by Gasteiger charge is 2.09. The Morgan fingerprint density at radius 3 is 2.88 bits per heavy atom. The van der Waals surface area contributed by atoms with Crippen molar-refractivity contribution in [3.63, 3.8) is 0 Å². The molecule has 0 aromatic carbocycles. The SMILES string of the molecule is CCCn1cccc1C(=O)NCCC(=O)O. The fraction of sp³-hybridized carbons (Fsp3) is 0.455. The Hall–Kier alpha value is -1.78. The van der Waals surface area contributed by atoms with Gasteiger partial charge in [-0.15, -0.1) is 0 Å². The van der Waals surface area contributed by atoms with E-state index in [9.17, 15) is 9.59 Å². The van der Waals surface area contributed by atoms with Crippen LogP contribution in [-0.4, -0.2) is 28.1 Å². The largest absolute Gasteiger partial charge is 0.481 e. The summed E-state index contributed by atoms with van der Waals surface area (Å²) in [6.45, 7) is 2.98. The molecule has 0 atom stereocenters. The molecule has 88 valence electrons. The van der Waals surface area contributed by atoms with Gasteiger partial charge in [0.25, 0.3) is 5.91 Å². The van der Waals surface area contributed by atoms with Gasteiger partial charge < -0.3 is 15.0 Å². The number of rotatable bonds is 6. The molecule has 5 nitrogen and oxygen atoms in total. The van der Waals surface area contributed by atoms with Gasteiger partial charge in [-0.1, -0.05) is 6.92 Å². The zero-order valence-corrected chi connectivity index (χ0v) is 9.27. The van der Waals surface area contributed by atoms with E-state index >= 15 is 0 Å². The van der Waals surface area contributed by atoms with E-state index in [1.54, 1.807) is 6.07 Å². The van der Waals surface area contributed by atoms with Crippen LogP contribution in [-0.2, 0) is 11.3 Å². The molecule has 1 amide bonds. The number of carboxylic acids is 1. The van der Waals surface area contributed by atoms with Gasteiger partial charge in [-0.05, 0) is 18.6 Å². The van der Waals surface area contributed by atoms with E-state index in [0.717, 1.165) is 13.0 Å². The lowest BCUT2D eigenvalue weighted by molar-refractivity contribution is -0.136. The minimum atomic E-state index is -0.913. The molecule has 5 heteroatoms. The van der Waals surface area contributed by atoms with Crippen molar-refractivity contribution in [2.45, 2.75) is 26.3 Å². The van der Waals surface area contributed by atoms with Gasteiger partial charge in [0.15, 0.2) is 0 Å². The van der Waals surface area contributed by atoms with Crippen LogP contribution < -0.4 is 5.32 Å². The van der Waals surface area contributed by atoms with Crippen LogP contribution in [0.1, 0.15) is 30.3 Å². The second-order valence-electron chi connectivity index (χ2n) is 3.49. The van der Waals surface area contributed by atoms with E-state index in [2.05, 4.69) is 5.32 Å². The number of hydrogen-bond donors (Lipinski definition) is 2. The van der Waals surface area contributed by atoms with E-state index in [4.69, 9.17) is 5.11 Å². The van der Waals surface area contributed by atoms with Crippen LogP contribution in [0.5, 0.6) is 0 Å². The molecule has 0 saturated carbocycles. The van der Waals surface area contributed by atoms with Gasteiger partial charge >= 0.3 is 5.97 Å². The van der Waals surface area contributed by atoms with Crippen molar-refractivity contribution >= 4 is 11.9 Å². The number of aromatic nitrogens is 1. The van der Waals surface area contributed by atoms with Crippen LogP contribution in [0, 0.1) is 0 Å². The Labute approximate surface area is 94.1 Å². The van der Waals surface area contributed by atoms with E-state index in [0.29, 0.717) is 5.69 Å². The topological polar surface area (TPSA) is 71.3 Å². The number of aryl methyl sites for hydroxylation is 1. The van der Waals surface area contributed by atoms with Crippen molar-refractivity contribution < 1.29 is 14.7 Å². The summed E-state index contributed by atoms with van der Waals surface area (Å²) in [5, 5.41) is 11.0. The summed E-state index contributed by atoms with van der Waals surface area (Å²) < 4.78 is 1.86. The van der Waals surface area contributed by atoms with Crippen molar-refractivity contribution in [1.82, 2.24) is 9.88 Å². The summed E-state index contributed by atoms with van der Waals surface area (Å²) in [5.41, 5.74) is 0.576. The Bertz CT molecular complexity index is 371. The Morgan fingerprint density at radius 2 is 2.25 bits per heavy atom. The van der Waals surface area contributed by atoms with Crippen molar-refractivity contribution in [2.24, 2.45) is 0 Å². The minimum Gasteiger partial charge on any atom is -0.481 e. The average Bonchev–Trinajstić information content (AvgIpc) is 2.66. The second-order valence-corrected chi connectivity index (χ2v) is 3.49. The summed E-state index contributed by atoms with van der Waals surface area (Å²) in [7, 11) is 0. The maximum atomic E-state index is 11.7. The van der Waals surface area contributed by atoms with E-state index in [-0.39, 0.29) is 18.9 Å². The van der Waals surface area contributed by atoms with Gasteiger partial charge in [-0.2, -0.15) is 0 Å². The van der Waals surface area contributed by atoms with Gasteiger partial charge in [0, 0.05) is 19.3 Å². The minimum absolute atomic E-state index is 0.0553. The predicted octanol–water partition coefficient (Wildman–Crippen LogP) is 1.10. The molecule has 0 radical (unpaired) electrons. The van der Waals surface area contributed by atoms with Crippen LogP contribution in [0.15, 0.2) is 18.3 Å². The molecule has 0 aliphatic rings. The number of carboxylic acid groups (broad SMARTS) is 1. The quantitative estimate of drug-likeness (QED) is 0.760. The Kier molecular flexibility index (Phi) is 4.57. The number of aliphatic carboxylic acids is 1. The van der Waals surface area contributed by atoms with Crippen molar-refractivity contribution in [2.75, 3.05) is 6.54 Å². The third kappa shape index (κ3) is 3.42. The van der Waals surface area contributed by atoms with Crippen LogP contribution in [0.3, 0.4) is 0 Å². The number of hydrogen-bond acceptors (Lipinski definition) is 2. The molecule has 0 bridgehead atoms. The Morgan fingerprint density at radius 1 is 1.50 bits per heavy atom. The molecule has 0 saturated heterocycles. The van der Waals surface area contributed by atoms with E-state index in [1.807, 2.05) is 23.8 Å². The number of amides is 1. The molecule has 0 aliphatic heterocycles. The maximum Gasteiger partial charge on any atom is 0.305 e. The molecule has 2 N–H and O–H groups in total. The van der Waals surface area contributed by atoms with Crippen LogP contribution >= 0.6 is 0 Å². The monoisotopic (exact) mass is 224 g/mol. The molecule has 0 aliphatic carbocycles. The molecular weight excluding hydrogens is 208 g/mol. The summed E-state index contributed by atoms with van der Waals surface area (Å²) >= 11 is 0. The molecule has 0 fully saturated rings. The molecule has 0 unspecified atom stereocenters. The Balaban J connectivity index is 2.52. The number of nitrogens with zero attached hydrogens (tertiary/aromatic N) is 1. The van der Waals surface area contributed by atoms with E-state index in [1.165, 1.54) is 0 Å². The number of nitrogens with one attached hydrogen (secondary N) is 1. The van der Waals surface area contributed by atoms with Gasteiger partial charge in [-0.25, -0.2) is 0 Å². The summed E-state index contributed by atoms with van der Waals surface area (Å²) in [5.74, 6) is -1.14. The highest BCUT2D eigenvalue weighted by molar-refractivity contribution is 5.92. The predicted molar refractivity (Wildman–Crippen MR) is 59.3 cm³/mol. The summed E-state index contributed by atoms with van der Waals surface area (Å²) in [4.78, 5) is 21.9. The standard InChI is InChI=1S/C11H16N2O3/c1-2-7-13-8-3-4-9(13)11(16)12-6-5-10(14)15/h3-4,8H,2,5-7H2,1H3,(H,12,16)(H,14,15). The third-order valence-electron chi connectivity index (χ3n) is 2.15. The van der Waals surface area contributed by atoms with E-state index < -0.39 is 5.97 Å². The number of carbonyl (C=O) groups excluding carboxylic acids is 1. The van der Waals surface area contributed by atoms with Crippen molar-refractivity contribution in [3.8, 4) is 0 Å². The molecular formula is C11H16N2O3. The van der Waals surface area contributed by atoms with Gasteiger partial charge in [0.1, 0.15) is 5.69 Å². The van der Waals surface area contributed by atoms with Gasteiger partial charge in [0.2, 0.25) is 0 Å². The lowest BCUT2D eigenvalue weighted by atomic mass is 10.3. The molecule has 1 rings (SSSR count). The first kappa shape index (κ1) is 12.3. The normalized spacial score (nSPS) is 10.1. The smallest absolute Gasteiger partial charge is 0.305 e. The lowest BCUT2D eigenvalue weighted by Crippen LogP contribution is -2.28. The first-order valence-corrected chi connectivity index (χ1v) is 5.30. The van der Waals surface area contributed by atoms with Gasteiger partial charge in [0.05, 0.1) is 6.42 Å². The average molecular weight is 224 g/mol. The molecule has 1 aromatic heterocycles. The third-order valence-corrected chi connectivity index (χ3v) is 2.15. The fourth-order valence-electron chi connectivity index (χ4n) is 1.43.